The second kappa shape index (κ2) is 8.47. The number of nitrogens with one attached hydrogen (secondary N) is 2. The van der Waals surface area contributed by atoms with E-state index in [1.807, 2.05) is 38.1 Å². The molecule has 0 spiro atoms. The molecule has 1 aromatic heterocycles. The highest BCUT2D eigenvalue weighted by Crippen LogP contribution is 2.21. The van der Waals surface area contributed by atoms with E-state index in [0.717, 1.165) is 22.0 Å². The Morgan fingerprint density at radius 2 is 1.64 bits per heavy atom. The molecule has 1 aromatic carbocycles. The first kappa shape index (κ1) is 20.4. The van der Waals surface area contributed by atoms with E-state index in [4.69, 9.17) is 0 Å². The molecule has 0 saturated heterocycles. The average Bonchev–Trinajstić information content (AvgIpc) is 2.85. The summed E-state index contributed by atoms with van der Waals surface area (Å²) in [5.74, 6) is 0.632. The number of aromatic amines is 1. The summed E-state index contributed by atoms with van der Waals surface area (Å²) in [5.41, 5.74) is 2.53. The van der Waals surface area contributed by atoms with Crippen LogP contribution in [0.25, 0.3) is 10.8 Å². The largest absolute Gasteiger partial charge is 0.325 e. The number of hydrogen-bond donors (Lipinski definition) is 2. The van der Waals surface area contributed by atoms with Gasteiger partial charge in [0.2, 0.25) is 5.56 Å². The molecule has 0 saturated carbocycles. The molecule has 0 unspecified atom stereocenters. The third-order valence-corrected chi connectivity index (χ3v) is 3.86. The van der Waals surface area contributed by atoms with Gasteiger partial charge in [-0.05, 0) is 23.3 Å². The van der Waals surface area contributed by atoms with Crippen LogP contribution in [-0.4, -0.2) is 10.9 Å². The minimum Gasteiger partial charge on any atom is -0.325 e. The molecule has 0 fully saturated rings. The highest BCUT2D eigenvalue weighted by atomic mass is 16.2. The molecule has 0 bridgehead atoms. The Morgan fingerprint density at radius 1 is 1.00 bits per heavy atom. The van der Waals surface area contributed by atoms with Crippen LogP contribution in [0, 0.1) is 5.92 Å². The summed E-state index contributed by atoms with van der Waals surface area (Å²) < 4.78 is 0. The Hall–Kier alpha value is -2.62. The van der Waals surface area contributed by atoms with E-state index >= 15 is 0 Å². The summed E-state index contributed by atoms with van der Waals surface area (Å²) in [7, 11) is 0. The first-order valence-corrected chi connectivity index (χ1v) is 8.13. The molecule has 1 aliphatic heterocycles. The summed E-state index contributed by atoms with van der Waals surface area (Å²) in [6, 6.07) is 9.59. The van der Waals surface area contributed by atoms with Gasteiger partial charge in [-0.15, -0.1) is 0 Å². The van der Waals surface area contributed by atoms with Crippen LogP contribution in [0.3, 0.4) is 0 Å². The molecule has 0 radical (unpaired) electrons. The minimum atomic E-state index is -0.0209. The normalized spacial score (nSPS) is 13.3. The molecule has 4 nitrogen and oxygen atoms in total. The molecule has 4 heteroatoms. The summed E-state index contributed by atoms with van der Waals surface area (Å²) in [4.78, 5) is 25.2. The third kappa shape index (κ3) is 4.92. The lowest BCUT2D eigenvalue weighted by Gasteiger charge is -2.08. The van der Waals surface area contributed by atoms with Gasteiger partial charge in [-0.1, -0.05) is 66.0 Å². The number of pyridine rings is 1. The van der Waals surface area contributed by atoms with Crippen molar-refractivity contribution < 1.29 is 4.79 Å². The van der Waals surface area contributed by atoms with Crippen molar-refractivity contribution in [2.75, 3.05) is 0 Å². The standard InChI is InChI=1S/C12H13NO.C8H11NO.CH4/c1-8(2)12-10-6-4-3-5-9(10)7-11(14)13-12;1-5(2)7-4-6(3)9-8(7)10;/h3-8H,1-2H3,(H,13,14);4-5H,3H2,1-2H3,(H,9,10);1H4. The van der Waals surface area contributed by atoms with Crippen molar-refractivity contribution in [3.8, 4) is 0 Å². The molecule has 1 aliphatic rings. The highest BCUT2D eigenvalue weighted by molar-refractivity contribution is 5.98. The van der Waals surface area contributed by atoms with E-state index in [1.54, 1.807) is 12.1 Å². The van der Waals surface area contributed by atoms with Crippen molar-refractivity contribution in [1.82, 2.24) is 10.3 Å². The van der Waals surface area contributed by atoms with Crippen LogP contribution in [-0.2, 0) is 4.79 Å². The molecule has 2 aromatic rings. The number of rotatable bonds is 2. The Kier molecular flexibility index (Phi) is 6.92. The van der Waals surface area contributed by atoms with Gasteiger partial charge in [0, 0.05) is 28.4 Å². The van der Waals surface area contributed by atoms with E-state index in [2.05, 4.69) is 30.7 Å². The van der Waals surface area contributed by atoms with Gasteiger partial charge >= 0.3 is 0 Å². The van der Waals surface area contributed by atoms with Gasteiger partial charge in [0.05, 0.1) is 0 Å². The Labute approximate surface area is 149 Å². The zero-order valence-electron chi connectivity index (χ0n) is 14.6. The molecule has 2 heterocycles. The maximum atomic E-state index is 11.4. The van der Waals surface area contributed by atoms with Crippen LogP contribution in [0.1, 0.15) is 46.7 Å². The number of aromatic nitrogens is 1. The lowest BCUT2D eigenvalue weighted by Crippen LogP contribution is -2.17. The van der Waals surface area contributed by atoms with Gasteiger partial charge in [-0.3, -0.25) is 9.59 Å². The van der Waals surface area contributed by atoms with Gasteiger partial charge < -0.3 is 10.3 Å². The molecule has 2 N–H and O–H groups in total. The van der Waals surface area contributed by atoms with Crippen LogP contribution in [0.4, 0.5) is 0 Å². The van der Waals surface area contributed by atoms with Crippen molar-refractivity contribution >= 4 is 16.7 Å². The topological polar surface area (TPSA) is 62.0 Å². The van der Waals surface area contributed by atoms with E-state index in [-0.39, 0.29) is 18.9 Å². The number of carbonyl (C=O) groups excluding carboxylic acids is 1. The predicted molar refractivity (Wildman–Crippen MR) is 106 cm³/mol. The molecule has 0 atom stereocenters. The molecule has 3 rings (SSSR count). The van der Waals surface area contributed by atoms with Crippen molar-refractivity contribution in [2.45, 2.75) is 41.0 Å². The number of hydrogen-bond acceptors (Lipinski definition) is 2. The lowest BCUT2D eigenvalue weighted by atomic mass is 10.0. The molecular formula is C21H28N2O2. The van der Waals surface area contributed by atoms with Crippen LogP contribution in [0.5, 0.6) is 0 Å². The predicted octanol–water partition coefficient (Wildman–Crippen LogP) is 4.50. The van der Waals surface area contributed by atoms with Crippen LogP contribution in [0.2, 0.25) is 0 Å². The Bertz CT molecular complexity index is 858. The van der Waals surface area contributed by atoms with E-state index in [0.29, 0.717) is 17.5 Å². The van der Waals surface area contributed by atoms with Gasteiger partial charge in [0.15, 0.2) is 0 Å². The Balaban J connectivity index is 0.000000254. The second-order valence-electron chi connectivity index (χ2n) is 6.52. The highest BCUT2D eigenvalue weighted by Gasteiger charge is 2.18. The molecular weight excluding hydrogens is 312 g/mol. The van der Waals surface area contributed by atoms with Crippen LogP contribution >= 0.6 is 0 Å². The maximum absolute atomic E-state index is 11.4. The summed E-state index contributed by atoms with van der Waals surface area (Å²) in [6.45, 7) is 11.8. The smallest absolute Gasteiger partial charge is 0.251 e. The summed E-state index contributed by atoms with van der Waals surface area (Å²) in [5, 5.41) is 4.78. The second-order valence-corrected chi connectivity index (χ2v) is 6.52. The van der Waals surface area contributed by atoms with Crippen molar-refractivity contribution in [2.24, 2.45) is 5.92 Å². The quantitative estimate of drug-likeness (QED) is 0.845. The maximum Gasteiger partial charge on any atom is 0.251 e. The first-order chi connectivity index (χ1) is 11.3. The minimum absolute atomic E-state index is 0. The number of benzene rings is 1. The fourth-order valence-corrected chi connectivity index (χ4v) is 2.64. The van der Waals surface area contributed by atoms with Gasteiger partial charge in [-0.25, -0.2) is 0 Å². The first-order valence-electron chi connectivity index (χ1n) is 8.13. The van der Waals surface area contributed by atoms with E-state index in [1.165, 1.54) is 0 Å². The summed E-state index contributed by atoms with van der Waals surface area (Å²) >= 11 is 0. The van der Waals surface area contributed by atoms with Gasteiger partial charge in [0.1, 0.15) is 0 Å². The zero-order valence-corrected chi connectivity index (χ0v) is 14.6. The molecule has 0 aliphatic carbocycles. The number of fused-ring (bicyclic) bond motifs is 1. The summed E-state index contributed by atoms with van der Waals surface area (Å²) in [6.07, 6.45) is 1.80. The number of amides is 1. The lowest BCUT2D eigenvalue weighted by molar-refractivity contribution is -0.116. The fourth-order valence-electron chi connectivity index (χ4n) is 2.64. The van der Waals surface area contributed by atoms with E-state index < -0.39 is 0 Å². The zero-order chi connectivity index (χ0) is 17.9. The van der Waals surface area contributed by atoms with Crippen LogP contribution in [0.15, 0.2) is 59.1 Å². The third-order valence-electron chi connectivity index (χ3n) is 3.86. The molecule has 1 amide bonds. The number of allylic oxidation sites excluding steroid dienone is 1. The van der Waals surface area contributed by atoms with Crippen LogP contribution < -0.4 is 10.9 Å². The SMILES string of the molecule is C.C=C1C=C(C(C)C)C(=O)N1.CC(C)c1[nH]c(=O)cc2ccccc12. The molecule has 134 valence electrons. The van der Waals surface area contributed by atoms with Crippen molar-refractivity contribution in [3.63, 3.8) is 0 Å². The Morgan fingerprint density at radius 3 is 2.12 bits per heavy atom. The van der Waals surface area contributed by atoms with Gasteiger partial charge in [-0.2, -0.15) is 0 Å². The van der Waals surface area contributed by atoms with Gasteiger partial charge in [0.25, 0.3) is 5.91 Å². The monoisotopic (exact) mass is 340 g/mol. The number of H-pyrrole nitrogens is 1. The van der Waals surface area contributed by atoms with Crippen molar-refractivity contribution in [3.05, 3.63) is 70.3 Å². The fraction of sp³-hybridized carbons (Fsp3) is 0.333. The van der Waals surface area contributed by atoms with Crippen molar-refractivity contribution in [1.29, 1.82) is 0 Å². The molecule has 25 heavy (non-hydrogen) atoms. The average molecular weight is 340 g/mol. The van der Waals surface area contributed by atoms with E-state index in [9.17, 15) is 9.59 Å². The number of carbonyl (C=O) groups is 1.